The van der Waals surface area contributed by atoms with Crippen molar-refractivity contribution in [3.8, 4) is 17.2 Å². The molecule has 2 N–H and O–H groups in total. The number of sulfonamides is 1. The number of ether oxygens (including phenoxy) is 2. The number of aromatic nitrogens is 2. The summed E-state index contributed by atoms with van der Waals surface area (Å²) in [6.07, 6.45) is 4.00. The number of carbonyl (C=O) groups is 1. The fourth-order valence-corrected chi connectivity index (χ4v) is 6.96. The van der Waals surface area contributed by atoms with E-state index in [4.69, 9.17) is 9.47 Å². The van der Waals surface area contributed by atoms with Crippen molar-refractivity contribution in [2.45, 2.75) is 44.7 Å². The average molecular weight is 633 g/mol. The number of likely N-dealkylation sites (tertiary alicyclic amines) is 1. The lowest BCUT2D eigenvalue weighted by atomic mass is 9.86. The molecule has 2 aliphatic rings. The van der Waals surface area contributed by atoms with Crippen molar-refractivity contribution < 1.29 is 22.7 Å². The molecule has 2 aromatic carbocycles. The first-order chi connectivity index (χ1) is 21.2. The zero-order chi connectivity index (χ0) is 32.3. The number of aryl methyl sites for hydroxylation is 1. The standard InChI is InChI=1S/C33H40N6O5S/c1-33(2,3)21-14-25(31(43-6)26(15-21)36-45(7,41)42)35-32(40)27-13-20-9-8-10-28(30(20)38(27)5)44-24-11-12-34-29(17-24)39-19-22-16-23(39)18-37(22)4/h8-15,17,22-23,36H,16,18-19H2,1-7H3,(H,35,40). The Balaban J connectivity index is 1.30. The summed E-state index contributed by atoms with van der Waals surface area (Å²) in [5.41, 5.74) is 2.26. The molecule has 2 saturated heterocycles. The van der Waals surface area contributed by atoms with Crippen molar-refractivity contribution in [1.82, 2.24) is 14.5 Å². The number of likely N-dealkylation sites (N-methyl/N-ethyl adjacent to an activating group) is 1. The van der Waals surface area contributed by atoms with Crippen molar-refractivity contribution in [2.24, 2.45) is 7.05 Å². The highest BCUT2D eigenvalue weighted by Gasteiger charge is 2.42. The largest absolute Gasteiger partial charge is 0.492 e. The molecule has 2 fully saturated rings. The Kier molecular flexibility index (Phi) is 7.68. The molecular weight excluding hydrogens is 592 g/mol. The van der Waals surface area contributed by atoms with Crippen LogP contribution in [0.1, 0.15) is 43.2 Å². The minimum absolute atomic E-state index is 0.218. The fourth-order valence-electron chi connectivity index (χ4n) is 6.41. The number of para-hydroxylation sites is 1. The first-order valence-electron chi connectivity index (χ1n) is 14.9. The third kappa shape index (κ3) is 6.04. The van der Waals surface area contributed by atoms with Gasteiger partial charge in [-0.3, -0.25) is 14.4 Å². The first-order valence-corrected chi connectivity index (χ1v) is 16.8. The third-order valence-electron chi connectivity index (χ3n) is 8.71. The van der Waals surface area contributed by atoms with Crippen LogP contribution >= 0.6 is 0 Å². The van der Waals surface area contributed by atoms with Crippen LogP contribution in [0.5, 0.6) is 17.2 Å². The Hall–Kier alpha value is -4.29. The Morgan fingerprint density at radius 2 is 1.78 bits per heavy atom. The highest BCUT2D eigenvalue weighted by atomic mass is 32.2. The lowest BCUT2D eigenvalue weighted by Crippen LogP contribution is -2.44. The van der Waals surface area contributed by atoms with Crippen molar-refractivity contribution in [3.05, 3.63) is 66.0 Å². The van der Waals surface area contributed by atoms with Crippen LogP contribution in [0.3, 0.4) is 0 Å². The summed E-state index contributed by atoms with van der Waals surface area (Å²) in [6, 6.07) is 15.9. The van der Waals surface area contributed by atoms with Gasteiger partial charge in [-0.05, 0) is 54.8 Å². The number of hydrogen-bond donors (Lipinski definition) is 2. The summed E-state index contributed by atoms with van der Waals surface area (Å²) in [4.78, 5) is 23.2. The molecule has 2 unspecified atom stereocenters. The van der Waals surface area contributed by atoms with Gasteiger partial charge in [0.05, 0.1) is 30.3 Å². The number of amides is 1. The van der Waals surface area contributed by atoms with Crippen LogP contribution in [0.15, 0.2) is 54.7 Å². The van der Waals surface area contributed by atoms with Gasteiger partial charge in [-0.2, -0.15) is 0 Å². The van der Waals surface area contributed by atoms with Crippen LogP contribution in [-0.4, -0.2) is 74.4 Å². The van der Waals surface area contributed by atoms with Crippen molar-refractivity contribution in [1.29, 1.82) is 0 Å². The van der Waals surface area contributed by atoms with Crippen LogP contribution in [0.4, 0.5) is 17.2 Å². The maximum Gasteiger partial charge on any atom is 0.272 e. The minimum Gasteiger partial charge on any atom is -0.492 e. The number of pyridine rings is 1. The SMILES string of the molecule is COc1c(NC(=O)c2cc3cccc(Oc4ccnc(N5CC6CC5CN6C)c4)c3n2C)cc(C(C)(C)C)cc1NS(C)(=O)=O. The monoisotopic (exact) mass is 632 g/mol. The number of fused-ring (bicyclic) bond motifs is 3. The van der Waals surface area contributed by atoms with E-state index >= 15 is 0 Å². The van der Waals surface area contributed by atoms with Gasteiger partial charge in [-0.1, -0.05) is 32.9 Å². The van der Waals surface area contributed by atoms with E-state index in [2.05, 4.69) is 31.9 Å². The number of anilines is 3. The van der Waals surface area contributed by atoms with E-state index in [1.54, 1.807) is 16.8 Å². The van der Waals surface area contributed by atoms with E-state index in [9.17, 15) is 13.2 Å². The van der Waals surface area contributed by atoms with Crippen molar-refractivity contribution in [2.75, 3.05) is 48.4 Å². The van der Waals surface area contributed by atoms with Crippen LogP contribution in [0.2, 0.25) is 0 Å². The molecule has 2 bridgehead atoms. The lowest BCUT2D eigenvalue weighted by Gasteiger charge is -2.32. The number of piperazine rings is 1. The van der Waals surface area contributed by atoms with Crippen LogP contribution in [-0.2, 0) is 22.5 Å². The molecule has 6 rings (SSSR count). The van der Waals surface area contributed by atoms with E-state index < -0.39 is 10.0 Å². The second kappa shape index (κ2) is 11.3. The minimum atomic E-state index is -3.61. The van der Waals surface area contributed by atoms with Gasteiger partial charge in [0, 0.05) is 49.9 Å². The van der Waals surface area contributed by atoms with Gasteiger partial charge >= 0.3 is 0 Å². The summed E-state index contributed by atoms with van der Waals surface area (Å²) < 4.78 is 40.6. The second-order valence-corrected chi connectivity index (χ2v) is 14.8. The predicted octanol–water partition coefficient (Wildman–Crippen LogP) is 5.19. The Morgan fingerprint density at radius 3 is 2.42 bits per heavy atom. The maximum absolute atomic E-state index is 13.8. The number of methoxy groups -OCH3 is 1. The predicted molar refractivity (Wildman–Crippen MR) is 178 cm³/mol. The van der Waals surface area contributed by atoms with E-state index in [1.165, 1.54) is 7.11 Å². The molecule has 2 atom stereocenters. The van der Waals surface area contributed by atoms with Gasteiger partial charge in [-0.25, -0.2) is 13.4 Å². The highest BCUT2D eigenvalue weighted by molar-refractivity contribution is 7.92. The Labute approximate surface area is 264 Å². The Morgan fingerprint density at radius 1 is 1.02 bits per heavy atom. The molecule has 12 heteroatoms. The van der Waals surface area contributed by atoms with E-state index in [1.807, 2.05) is 70.3 Å². The zero-order valence-corrected chi connectivity index (χ0v) is 27.5. The van der Waals surface area contributed by atoms with Gasteiger partial charge < -0.3 is 24.3 Å². The summed E-state index contributed by atoms with van der Waals surface area (Å²) in [5.74, 6) is 2.03. The quantitative estimate of drug-likeness (QED) is 0.273. The van der Waals surface area contributed by atoms with Gasteiger partial charge in [0.2, 0.25) is 10.0 Å². The molecule has 0 radical (unpaired) electrons. The summed E-state index contributed by atoms with van der Waals surface area (Å²) in [7, 11) is 1.83. The van der Waals surface area contributed by atoms with Crippen LogP contribution in [0, 0.1) is 0 Å². The molecule has 1 amide bonds. The van der Waals surface area contributed by atoms with E-state index in [-0.39, 0.29) is 22.8 Å². The van der Waals surface area contributed by atoms with Gasteiger partial charge in [-0.15, -0.1) is 0 Å². The van der Waals surface area contributed by atoms with Crippen LogP contribution in [0.25, 0.3) is 10.9 Å². The molecule has 2 aromatic heterocycles. The summed E-state index contributed by atoms with van der Waals surface area (Å²) in [6.45, 7) is 8.02. The first kappa shape index (κ1) is 30.7. The topological polar surface area (TPSA) is 118 Å². The van der Waals surface area contributed by atoms with Gasteiger partial charge in [0.15, 0.2) is 11.5 Å². The summed E-state index contributed by atoms with van der Waals surface area (Å²) >= 11 is 0. The number of nitrogens with one attached hydrogen (secondary N) is 2. The molecule has 4 aromatic rings. The molecule has 4 heterocycles. The Bertz CT molecular complexity index is 1900. The number of rotatable bonds is 8. The molecule has 238 valence electrons. The van der Waals surface area contributed by atoms with Gasteiger partial charge in [0.25, 0.3) is 5.91 Å². The molecule has 11 nitrogen and oxygen atoms in total. The van der Waals surface area contributed by atoms with E-state index in [0.29, 0.717) is 35.0 Å². The lowest BCUT2D eigenvalue weighted by molar-refractivity contribution is 0.101. The van der Waals surface area contributed by atoms with E-state index in [0.717, 1.165) is 48.1 Å². The van der Waals surface area contributed by atoms with Crippen molar-refractivity contribution in [3.63, 3.8) is 0 Å². The maximum atomic E-state index is 13.8. The van der Waals surface area contributed by atoms with Crippen molar-refractivity contribution >= 4 is 44.0 Å². The molecule has 45 heavy (non-hydrogen) atoms. The fraction of sp³-hybridized carbons (Fsp3) is 0.394. The number of hydrogen-bond acceptors (Lipinski definition) is 8. The number of benzene rings is 2. The smallest absolute Gasteiger partial charge is 0.272 e. The molecule has 2 aliphatic heterocycles. The average Bonchev–Trinajstić information content (AvgIpc) is 3.64. The third-order valence-corrected chi connectivity index (χ3v) is 9.30. The molecule has 0 spiro atoms. The normalized spacial score (nSPS) is 18.4. The molecule has 0 aliphatic carbocycles. The number of nitrogens with zero attached hydrogens (tertiary/aromatic N) is 4. The highest BCUT2D eigenvalue weighted by Crippen LogP contribution is 2.40. The molecular formula is C33H40N6O5S. The molecule has 0 saturated carbocycles. The second-order valence-electron chi connectivity index (χ2n) is 13.1. The zero-order valence-electron chi connectivity index (χ0n) is 26.7. The summed E-state index contributed by atoms with van der Waals surface area (Å²) in [5, 5.41) is 3.80. The van der Waals surface area contributed by atoms with Crippen LogP contribution < -0.4 is 24.4 Å². The van der Waals surface area contributed by atoms with Gasteiger partial charge in [0.1, 0.15) is 17.3 Å². The number of carbonyl (C=O) groups excluding carboxylic acids is 1.